The van der Waals surface area contributed by atoms with Gasteiger partial charge in [0.2, 0.25) is 0 Å². The zero-order valence-electron chi connectivity index (χ0n) is 4.44. The second-order valence-corrected chi connectivity index (χ2v) is 3.82. The SMILES string of the molecule is C1CSSC1.N=C=N. The molecule has 2 N–H and O–H groups in total. The van der Waals surface area contributed by atoms with Gasteiger partial charge < -0.3 is 0 Å². The fraction of sp³-hybridized carbons (Fsp3) is 0.750. The minimum absolute atomic E-state index is 1.25. The molecule has 4 heteroatoms. The molecule has 1 aliphatic heterocycles. The van der Waals surface area contributed by atoms with Crippen molar-refractivity contribution in [2.24, 2.45) is 0 Å². The largest absolute Gasteiger partial charge is 0.242 e. The van der Waals surface area contributed by atoms with Crippen LogP contribution in [0.1, 0.15) is 6.42 Å². The van der Waals surface area contributed by atoms with E-state index in [1.54, 1.807) is 0 Å². The molecule has 46 valence electrons. The molecule has 2 nitrogen and oxygen atoms in total. The minimum atomic E-state index is 1.25. The molecule has 1 rings (SSSR count). The van der Waals surface area contributed by atoms with E-state index < -0.39 is 0 Å². The van der Waals surface area contributed by atoms with Crippen LogP contribution in [0.25, 0.3) is 0 Å². The second-order valence-electron chi connectivity index (χ2n) is 1.12. The second kappa shape index (κ2) is 7.08. The summed E-state index contributed by atoms with van der Waals surface area (Å²) >= 11 is 0. The Morgan fingerprint density at radius 3 is 1.62 bits per heavy atom. The van der Waals surface area contributed by atoms with Gasteiger partial charge in [-0.05, 0) is 6.42 Å². The van der Waals surface area contributed by atoms with Crippen LogP contribution < -0.4 is 0 Å². The standard InChI is InChI=1S/C3H6S2.CH2N2/c1-2-4-5-3-1;2-1-3/h1-3H2;2-3H. The Morgan fingerprint density at radius 1 is 1.12 bits per heavy atom. The molecule has 0 aromatic heterocycles. The molecule has 0 unspecified atom stereocenters. The number of hydrogen-bond acceptors (Lipinski definition) is 4. The molecule has 1 heterocycles. The van der Waals surface area contributed by atoms with E-state index in [9.17, 15) is 0 Å². The molecule has 0 saturated carbocycles. The molecular formula is C4H8N2S2. The van der Waals surface area contributed by atoms with Crippen molar-refractivity contribution in [1.29, 1.82) is 10.8 Å². The highest BCUT2D eigenvalue weighted by atomic mass is 33.1. The highest BCUT2D eigenvalue weighted by molar-refractivity contribution is 8.77. The Bertz CT molecular complexity index is 66.5. The lowest BCUT2D eigenvalue weighted by atomic mass is 10.6. The van der Waals surface area contributed by atoms with Gasteiger partial charge in [-0.1, -0.05) is 21.6 Å². The van der Waals surface area contributed by atoms with Crippen LogP contribution in [0, 0.1) is 10.8 Å². The van der Waals surface area contributed by atoms with Crippen LogP contribution in [-0.4, -0.2) is 17.5 Å². The van der Waals surface area contributed by atoms with Crippen molar-refractivity contribution in [3.63, 3.8) is 0 Å². The van der Waals surface area contributed by atoms with E-state index in [1.165, 1.54) is 23.9 Å². The van der Waals surface area contributed by atoms with Gasteiger partial charge in [0.05, 0.1) is 6.01 Å². The van der Waals surface area contributed by atoms with Gasteiger partial charge in [0.1, 0.15) is 0 Å². The maximum Gasteiger partial charge on any atom is 0.0831 e. The maximum atomic E-state index is 5.62. The summed E-state index contributed by atoms with van der Waals surface area (Å²) in [6.07, 6.45) is 1.43. The normalized spacial score (nSPS) is 16.0. The summed E-state index contributed by atoms with van der Waals surface area (Å²) in [5.41, 5.74) is 0. The van der Waals surface area contributed by atoms with E-state index in [2.05, 4.69) is 0 Å². The summed E-state index contributed by atoms with van der Waals surface area (Å²) in [7, 11) is 3.98. The third-order valence-corrected chi connectivity index (χ3v) is 3.12. The van der Waals surface area contributed by atoms with Gasteiger partial charge in [0.25, 0.3) is 0 Å². The van der Waals surface area contributed by atoms with E-state index in [0.29, 0.717) is 0 Å². The first kappa shape index (κ1) is 8.08. The van der Waals surface area contributed by atoms with Crippen LogP contribution in [0.2, 0.25) is 0 Å². The van der Waals surface area contributed by atoms with E-state index in [0.717, 1.165) is 0 Å². The molecule has 0 spiro atoms. The van der Waals surface area contributed by atoms with Gasteiger partial charge in [-0.25, -0.2) is 10.8 Å². The Balaban J connectivity index is 0.000000145. The summed E-state index contributed by atoms with van der Waals surface area (Å²) in [6.45, 7) is 0. The minimum Gasteiger partial charge on any atom is -0.242 e. The zero-order valence-corrected chi connectivity index (χ0v) is 6.07. The van der Waals surface area contributed by atoms with Crippen LogP contribution >= 0.6 is 21.6 Å². The van der Waals surface area contributed by atoms with Gasteiger partial charge in [-0.2, -0.15) is 0 Å². The molecule has 8 heavy (non-hydrogen) atoms. The van der Waals surface area contributed by atoms with Gasteiger partial charge in [-0.15, -0.1) is 0 Å². The van der Waals surface area contributed by atoms with E-state index in [-0.39, 0.29) is 0 Å². The molecule has 0 amide bonds. The average molecular weight is 148 g/mol. The van der Waals surface area contributed by atoms with Crippen LogP contribution in [0.3, 0.4) is 0 Å². The van der Waals surface area contributed by atoms with Crippen molar-refractivity contribution < 1.29 is 0 Å². The van der Waals surface area contributed by atoms with Crippen molar-refractivity contribution in [2.45, 2.75) is 6.42 Å². The quantitative estimate of drug-likeness (QED) is 0.408. The molecule has 0 aliphatic carbocycles. The Morgan fingerprint density at radius 2 is 1.50 bits per heavy atom. The highest BCUT2D eigenvalue weighted by Gasteiger charge is 1.96. The smallest absolute Gasteiger partial charge is 0.0831 e. The van der Waals surface area contributed by atoms with Crippen molar-refractivity contribution in [3.05, 3.63) is 0 Å². The third-order valence-electron chi connectivity index (χ3n) is 0.539. The van der Waals surface area contributed by atoms with Crippen molar-refractivity contribution in [1.82, 2.24) is 0 Å². The van der Waals surface area contributed by atoms with E-state index in [4.69, 9.17) is 10.8 Å². The van der Waals surface area contributed by atoms with Crippen molar-refractivity contribution >= 4 is 27.6 Å². The molecule has 1 saturated heterocycles. The summed E-state index contributed by atoms with van der Waals surface area (Å²) in [5, 5.41) is 11.2. The Kier molecular flexibility index (Phi) is 7.15. The Labute approximate surface area is 56.9 Å². The van der Waals surface area contributed by atoms with Gasteiger partial charge in [-0.3, -0.25) is 0 Å². The van der Waals surface area contributed by atoms with Crippen LogP contribution in [0.15, 0.2) is 0 Å². The van der Waals surface area contributed by atoms with Crippen LogP contribution in [0.4, 0.5) is 0 Å². The predicted molar refractivity (Wildman–Crippen MR) is 40.0 cm³/mol. The first-order chi connectivity index (χ1) is 3.91. The number of rotatable bonds is 0. The first-order valence-electron chi connectivity index (χ1n) is 2.24. The molecule has 0 atom stereocenters. The molecular weight excluding hydrogens is 140 g/mol. The molecule has 1 fully saturated rings. The summed E-state index contributed by atoms with van der Waals surface area (Å²) < 4.78 is 0. The van der Waals surface area contributed by atoms with E-state index in [1.807, 2.05) is 21.6 Å². The summed E-state index contributed by atoms with van der Waals surface area (Å²) in [4.78, 5) is 0. The number of hydrogen-bond donors (Lipinski definition) is 2. The fourth-order valence-corrected chi connectivity index (χ4v) is 2.65. The van der Waals surface area contributed by atoms with E-state index >= 15 is 0 Å². The van der Waals surface area contributed by atoms with Crippen molar-refractivity contribution in [3.8, 4) is 0 Å². The molecule has 1 aliphatic rings. The van der Waals surface area contributed by atoms with Crippen molar-refractivity contribution in [2.75, 3.05) is 11.5 Å². The van der Waals surface area contributed by atoms with Gasteiger partial charge in [0.15, 0.2) is 0 Å². The monoisotopic (exact) mass is 148 g/mol. The Hall–Kier alpha value is 0.0800. The first-order valence-corrected chi connectivity index (χ1v) is 4.73. The summed E-state index contributed by atoms with van der Waals surface area (Å²) in [6, 6.07) is 1.25. The molecule has 0 aromatic rings. The lowest BCUT2D eigenvalue weighted by molar-refractivity contribution is 1.15. The third kappa shape index (κ3) is 6.08. The highest BCUT2D eigenvalue weighted by Crippen LogP contribution is 2.29. The molecule has 0 bridgehead atoms. The van der Waals surface area contributed by atoms with Crippen LogP contribution in [-0.2, 0) is 0 Å². The lowest BCUT2D eigenvalue weighted by Gasteiger charge is -1.69. The zero-order chi connectivity index (χ0) is 6.24. The van der Waals surface area contributed by atoms with Gasteiger partial charge >= 0.3 is 0 Å². The fourth-order valence-electron chi connectivity index (χ4n) is 0.295. The topological polar surface area (TPSA) is 47.7 Å². The average Bonchev–Trinajstić information content (AvgIpc) is 2.17. The molecule has 0 radical (unpaired) electrons. The maximum absolute atomic E-state index is 5.62. The summed E-state index contributed by atoms with van der Waals surface area (Å²) in [5.74, 6) is 2.76. The van der Waals surface area contributed by atoms with Gasteiger partial charge in [0, 0.05) is 11.5 Å². The van der Waals surface area contributed by atoms with Crippen LogP contribution in [0.5, 0.6) is 0 Å². The lowest BCUT2D eigenvalue weighted by Crippen LogP contribution is -1.63. The molecule has 0 aromatic carbocycles. The predicted octanol–water partition coefficient (Wildman–Crippen LogP) is 2.09. The number of nitrogens with one attached hydrogen (secondary N) is 2.